The molecule has 4 rings (SSSR count). The average molecular weight is 337 g/mol. The van der Waals surface area contributed by atoms with Crippen LogP contribution >= 0.6 is 11.3 Å². The van der Waals surface area contributed by atoms with Gasteiger partial charge in [0.25, 0.3) is 0 Å². The monoisotopic (exact) mass is 337 g/mol. The Morgan fingerprint density at radius 1 is 1.25 bits per heavy atom. The summed E-state index contributed by atoms with van der Waals surface area (Å²) >= 11 is 1.69. The molecule has 1 amide bonds. The lowest BCUT2D eigenvalue weighted by atomic mass is 10.1. The minimum atomic E-state index is 0.191. The quantitative estimate of drug-likeness (QED) is 0.725. The zero-order chi connectivity index (χ0) is 16.4. The van der Waals surface area contributed by atoms with Crippen molar-refractivity contribution in [1.82, 2.24) is 14.7 Å². The first-order valence-corrected chi connectivity index (χ1v) is 9.16. The van der Waals surface area contributed by atoms with Crippen LogP contribution in [0.15, 0.2) is 59.6 Å². The summed E-state index contributed by atoms with van der Waals surface area (Å²) < 4.78 is 1.82. The van der Waals surface area contributed by atoms with Crippen molar-refractivity contribution in [3.05, 3.63) is 70.7 Å². The predicted molar refractivity (Wildman–Crippen MR) is 95.3 cm³/mol. The molecule has 0 aliphatic carbocycles. The van der Waals surface area contributed by atoms with Gasteiger partial charge >= 0.3 is 0 Å². The van der Waals surface area contributed by atoms with Crippen LogP contribution in [-0.2, 0) is 11.2 Å². The van der Waals surface area contributed by atoms with Crippen molar-refractivity contribution in [2.24, 2.45) is 0 Å². The van der Waals surface area contributed by atoms with E-state index >= 15 is 0 Å². The molecule has 122 valence electrons. The maximum atomic E-state index is 12.8. The molecule has 3 heterocycles. The summed E-state index contributed by atoms with van der Waals surface area (Å²) in [6.45, 7) is 0.853. The van der Waals surface area contributed by atoms with Crippen LogP contribution in [0.5, 0.6) is 0 Å². The number of benzene rings is 1. The van der Waals surface area contributed by atoms with E-state index in [1.807, 2.05) is 46.1 Å². The van der Waals surface area contributed by atoms with Crippen LogP contribution in [0.2, 0.25) is 0 Å². The molecular formula is C19H19N3OS. The standard InChI is InChI=1S/C19H19N3OS/c23-19(21-9-4-7-18(21)16-8-10-24-14-16)11-15-12-20-22(13-15)17-5-2-1-3-6-17/h1-3,5-6,8,10,12-14,18H,4,7,9,11H2/t18-/m1/s1. The maximum Gasteiger partial charge on any atom is 0.227 e. The first-order chi connectivity index (χ1) is 11.8. The van der Waals surface area contributed by atoms with Gasteiger partial charge < -0.3 is 4.90 Å². The number of likely N-dealkylation sites (tertiary alicyclic amines) is 1. The Kier molecular flexibility index (Phi) is 4.17. The summed E-state index contributed by atoms with van der Waals surface area (Å²) in [5.74, 6) is 0.191. The highest BCUT2D eigenvalue weighted by atomic mass is 32.1. The third-order valence-electron chi connectivity index (χ3n) is 4.51. The zero-order valence-corrected chi connectivity index (χ0v) is 14.2. The van der Waals surface area contributed by atoms with Gasteiger partial charge in [-0.15, -0.1) is 0 Å². The summed E-state index contributed by atoms with van der Waals surface area (Å²) in [4.78, 5) is 14.8. The van der Waals surface area contributed by atoms with Gasteiger partial charge in [-0.25, -0.2) is 4.68 Å². The molecular weight excluding hydrogens is 318 g/mol. The number of hydrogen-bond acceptors (Lipinski definition) is 3. The largest absolute Gasteiger partial charge is 0.335 e. The Morgan fingerprint density at radius 3 is 2.92 bits per heavy atom. The Bertz CT molecular complexity index is 810. The minimum Gasteiger partial charge on any atom is -0.335 e. The number of carbonyl (C=O) groups excluding carboxylic acids is 1. The van der Waals surface area contributed by atoms with Gasteiger partial charge in [-0.05, 0) is 52.9 Å². The molecule has 0 saturated carbocycles. The molecule has 2 aromatic heterocycles. The van der Waals surface area contributed by atoms with Crippen molar-refractivity contribution >= 4 is 17.2 Å². The number of thiophene rings is 1. The second kappa shape index (κ2) is 6.61. The van der Waals surface area contributed by atoms with E-state index < -0.39 is 0 Å². The molecule has 0 bridgehead atoms. The van der Waals surface area contributed by atoms with E-state index in [0.29, 0.717) is 6.42 Å². The number of rotatable bonds is 4. The summed E-state index contributed by atoms with van der Waals surface area (Å²) in [6, 6.07) is 12.3. The molecule has 3 aromatic rings. The van der Waals surface area contributed by atoms with Crippen molar-refractivity contribution in [1.29, 1.82) is 0 Å². The van der Waals surface area contributed by atoms with E-state index in [1.54, 1.807) is 17.5 Å². The van der Waals surface area contributed by atoms with Gasteiger partial charge in [0.1, 0.15) is 0 Å². The van der Waals surface area contributed by atoms with E-state index in [4.69, 9.17) is 0 Å². The highest BCUT2D eigenvalue weighted by Gasteiger charge is 2.30. The van der Waals surface area contributed by atoms with E-state index in [1.165, 1.54) is 5.56 Å². The molecule has 0 unspecified atom stereocenters. The van der Waals surface area contributed by atoms with Crippen LogP contribution in [-0.4, -0.2) is 27.1 Å². The molecule has 24 heavy (non-hydrogen) atoms. The van der Waals surface area contributed by atoms with Crippen LogP contribution in [0.1, 0.15) is 30.0 Å². The van der Waals surface area contributed by atoms with Crippen molar-refractivity contribution in [3.8, 4) is 5.69 Å². The number of amides is 1. The first-order valence-electron chi connectivity index (χ1n) is 8.22. The third-order valence-corrected chi connectivity index (χ3v) is 5.21. The number of hydrogen-bond donors (Lipinski definition) is 0. The molecule has 0 radical (unpaired) electrons. The van der Waals surface area contributed by atoms with Crippen molar-refractivity contribution in [3.63, 3.8) is 0 Å². The number of para-hydroxylation sites is 1. The van der Waals surface area contributed by atoms with Crippen LogP contribution < -0.4 is 0 Å². The molecule has 1 aliphatic heterocycles. The van der Waals surface area contributed by atoms with Gasteiger partial charge in [-0.2, -0.15) is 16.4 Å². The van der Waals surface area contributed by atoms with Crippen LogP contribution in [0.25, 0.3) is 5.69 Å². The van der Waals surface area contributed by atoms with Gasteiger partial charge in [0.2, 0.25) is 5.91 Å². The van der Waals surface area contributed by atoms with Gasteiger partial charge in [-0.3, -0.25) is 4.79 Å². The van der Waals surface area contributed by atoms with Crippen LogP contribution in [0, 0.1) is 0 Å². The SMILES string of the molecule is O=C(Cc1cnn(-c2ccccc2)c1)N1CCC[C@@H]1c1ccsc1. The highest BCUT2D eigenvalue weighted by molar-refractivity contribution is 7.07. The molecule has 1 aliphatic rings. The van der Waals surface area contributed by atoms with E-state index in [-0.39, 0.29) is 11.9 Å². The highest BCUT2D eigenvalue weighted by Crippen LogP contribution is 2.33. The lowest BCUT2D eigenvalue weighted by Crippen LogP contribution is -2.31. The Balaban J connectivity index is 1.47. The fraction of sp³-hybridized carbons (Fsp3) is 0.263. The normalized spacial score (nSPS) is 17.3. The van der Waals surface area contributed by atoms with Gasteiger partial charge in [0.05, 0.1) is 24.3 Å². The van der Waals surface area contributed by atoms with E-state index in [2.05, 4.69) is 21.9 Å². The maximum absolute atomic E-state index is 12.8. The fourth-order valence-electron chi connectivity index (χ4n) is 3.33. The Labute approximate surface area is 145 Å². The van der Waals surface area contributed by atoms with Crippen molar-refractivity contribution < 1.29 is 4.79 Å². The first kappa shape index (κ1) is 15.1. The van der Waals surface area contributed by atoms with E-state index in [9.17, 15) is 4.79 Å². The van der Waals surface area contributed by atoms with Gasteiger partial charge in [0.15, 0.2) is 0 Å². The fourth-order valence-corrected chi connectivity index (χ4v) is 4.03. The van der Waals surface area contributed by atoms with Crippen molar-refractivity contribution in [2.75, 3.05) is 6.54 Å². The molecule has 0 N–H and O–H groups in total. The molecule has 1 saturated heterocycles. The molecule has 1 atom stereocenters. The lowest BCUT2D eigenvalue weighted by molar-refractivity contribution is -0.131. The zero-order valence-electron chi connectivity index (χ0n) is 13.3. The Hall–Kier alpha value is -2.40. The van der Waals surface area contributed by atoms with Gasteiger partial charge in [-0.1, -0.05) is 18.2 Å². The van der Waals surface area contributed by atoms with Crippen molar-refractivity contribution in [2.45, 2.75) is 25.3 Å². The molecule has 1 fully saturated rings. The number of carbonyl (C=O) groups is 1. The molecule has 1 aromatic carbocycles. The average Bonchev–Trinajstić information content (AvgIpc) is 3.36. The summed E-state index contributed by atoms with van der Waals surface area (Å²) in [7, 11) is 0. The third kappa shape index (κ3) is 2.99. The predicted octanol–water partition coefficient (Wildman–Crippen LogP) is 3.84. The molecule has 4 nitrogen and oxygen atoms in total. The summed E-state index contributed by atoms with van der Waals surface area (Å²) in [5.41, 5.74) is 3.24. The van der Waals surface area contributed by atoms with Gasteiger partial charge in [0, 0.05) is 12.7 Å². The second-order valence-corrected chi connectivity index (χ2v) is 6.89. The smallest absolute Gasteiger partial charge is 0.227 e. The molecule has 5 heteroatoms. The topological polar surface area (TPSA) is 38.1 Å². The van der Waals surface area contributed by atoms with Crippen LogP contribution in [0.3, 0.4) is 0 Å². The summed E-state index contributed by atoms with van der Waals surface area (Å²) in [6.07, 6.45) is 6.29. The molecule has 0 spiro atoms. The lowest BCUT2D eigenvalue weighted by Gasteiger charge is -2.24. The minimum absolute atomic E-state index is 0.191. The van der Waals surface area contributed by atoms with E-state index in [0.717, 1.165) is 30.6 Å². The second-order valence-electron chi connectivity index (χ2n) is 6.11. The number of aromatic nitrogens is 2. The number of nitrogens with zero attached hydrogens (tertiary/aromatic N) is 3. The van der Waals surface area contributed by atoms with Crippen LogP contribution in [0.4, 0.5) is 0 Å². The summed E-state index contributed by atoms with van der Waals surface area (Å²) in [5, 5.41) is 8.62. The Morgan fingerprint density at radius 2 is 2.12 bits per heavy atom.